The lowest BCUT2D eigenvalue weighted by atomic mass is 9.71. The Morgan fingerprint density at radius 1 is 1.19 bits per heavy atom. The van der Waals surface area contributed by atoms with Crippen molar-refractivity contribution in [2.75, 3.05) is 19.6 Å². The molecule has 3 aromatic rings. The zero-order valence-electron chi connectivity index (χ0n) is 21.3. The first-order valence-electron chi connectivity index (χ1n) is 13.1. The van der Waals surface area contributed by atoms with Gasteiger partial charge < -0.3 is 10.2 Å². The lowest BCUT2D eigenvalue weighted by Crippen LogP contribution is -2.37. The van der Waals surface area contributed by atoms with Crippen LogP contribution in [0.4, 0.5) is 0 Å². The highest BCUT2D eigenvalue weighted by Crippen LogP contribution is 2.43. The third-order valence-corrected chi connectivity index (χ3v) is 7.78. The Morgan fingerprint density at radius 3 is 2.69 bits per heavy atom. The van der Waals surface area contributed by atoms with Crippen molar-refractivity contribution in [1.82, 2.24) is 19.8 Å². The van der Waals surface area contributed by atoms with E-state index in [1.165, 1.54) is 36.2 Å². The number of amides is 1. The molecule has 2 fully saturated rings. The summed E-state index contributed by atoms with van der Waals surface area (Å²) in [7, 11) is 0. The summed E-state index contributed by atoms with van der Waals surface area (Å²) in [5.74, 6) is 2.26. The number of nitrogens with one attached hydrogen (secondary N) is 1. The summed E-state index contributed by atoms with van der Waals surface area (Å²) >= 11 is 6.23. The van der Waals surface area contributed by atoms with E-state index in [1.807, 2.05) is 38.1 Å². The van der Waals surface area contributed by atoms with Gasteiger partial charge in [-0.25, -0.2) is 4.98 Å². The summed E-state index contributed by atoms with van der Waals surface area (Å²) in [4.78, 5) is 33.8. The van der Waals surface area contributed by atoms with Gasteiger partial charge in [0.25, 0.3) is 5.56 Å². The molecule has 2 aliphatic rings. The number of rotatable bonds is 7. The molecule has 0 radical (unpaired) electrons. The molecule has 190 valence electrons. The smallest absolute Gasteiger partial charge is 0.262 e. The number of fused-ring (bicyclic) bond motifs is 1. The number of hydrogen-bond acceptors (Lipinski definition) is 4. The van der Waals surface area contributed by atoms with Crippen LogP contribution >= 0.6 is 11.6 Å². The summed E-state index contributed by atoms with van der Waals surface area (Å²) in [6, 6.07) is 13.3. The van der Waals surface area contributed by atoms with Crippen LogP contribution in [0.5, 0.6) is 0 Å². The molecular formula is C29H35ClN4O2. The molecule has 1 saturated heterocycles. The molecule has 2 aromatic carbocycles. The maximum Gasteiger partial charge on any atom is 0.262 e. The van der Waals surface area contributed by atoms with Crippen LogP contribution in [-0.2, 0) is 11.3 Å². The van der Waals surface area contributed by atoms with Gasteiger partial charge in [0, 0.05) is 29.7 Å². The van der Waals surface area contributed by atoms with Crippen LogP contribution in [-0.4, -0.2) is 46.0 Å². The Morgan fingerprint density at radius 2 is 2.00 bits per heavy atom. The average molecular weight is 507 g/mol. The SMILES string of the molecule is CC(C)NC(=O)Cn1c(-c2cccc(Cl)c2)nc2ccc(C3CC(CN4CC[C@H](C)C4)C3)cc2c1=O. The summed E-state index contributed by atoms with van der Waals surface area (Å²) in [6.45, 7) is 9.69. The molecule has 1 aromatic heterocycles. The molecule has 1 atom stereocenters. The molecular weight excluding hydrogens is 472 g/mol. The first kappa shape index (κ1) is 25.0. The van der Waals surface area contributed by atoms with E-state index in [0.29, 0.717) is 33.2 Å². The number of hydrogen-bond donors (Lipinski definition) is 1. The van der Waals surface area contributed by atoms with Crippen molar-refractivity contribution < 1.29 is 4.79 Å². The van der Waals surface area contributed by atoms with Gasteiger partial charge in [0.1, 0.15) is 12.4 Å². The van der Waals surface area contributed by atoms with Crippen molar-refractivity contribution in [3.8, 4) is 11.4 Å². The summed E-state index contributed by atoms with van der Waals surface area (Å²) < 4.78 is 1.48. The van der Waals surface area contributed by atoms with Gasteiger partial charge >= 0.3 is 0 Å². The molecule has 0 bridgehead atoms. The molecule has 0 spiro atoms. The van der Waals surface area contributed by atoms with Gasteiger partial charge in [-0.3, -0.25) is 14.2 Å². The van der Waals surface area contributed by atoms with E-state index in [0.717, 1.165) is 24.7 Å². The van der Waals surface area contributed by atoms with Crippen molar-refractivity contribution >= 4 is 28.4 Å². The van der Waals surface area contributed by atoms with E-state index < -0.39 is 0 Å². The van der Waals surface area contributed by atoms with E-state index in [-0.39, 0.29) is 24.1 Å². The monoisotopic (exact) mass is 506 g/mol. The first-order chi connectivity index (χ1) is 17.3. The van der Waals surface area contributed by atoms with E-state index in [4.69, 9.17) is 16.6 Å². The fraction of sp³-hybridized carbons (Fsp3) is 0.483. The van der Waals surface area contributed by atoms with Crippen LogP contribution < -0.4 is 10.9 Å². The third-order valence-electron chi connectivity index (χ3n) is 7.54. The second-order valence-electron chi connectivity index (χ2n) is 11.0. The largest absolute Gasteiger partial charge is 0.352 e. The minimum Gasteiger partial charge on any atom is -0.352 e. The number of nitrogens with zero attached hydrogens (tertiary/aromatic N) is 3. The quantitative estimate of drug-likeness (QED) is 0.485. The van der Waals surface area contributed by atoms with E-state index in [2.05, 4.69) is 23.2 Å². The molecule has 6 nitrogen and oxygen atoms in total. The minimum absolute atomic E-state index is 0.0156. The minimum atomic E-state index is -0.217. The van der Waals surface area contributed by atoms with Crippen molar-refractivity contribution in [3.05, 3.63) is 63.4 Å². The maximum atomic E-state index is 13.7. The summed E-state index contributed by atoms with van der Waals surface area (Å²) in [6.07, 6.45) is 3.64. The van der Waals surface area contributed by atoms with Crippen molar-refractivity contribution in [2.24, 2.45) is 11.8 Å². The molecule has 1 saturated carbocycles. The standard InChI is InChI=1S/C29H35ClN4O2/c1-18(2)31-27(35)17-34-28(22-5-4-6-24(30)13-22)32-26-8-7-21(14-25(26)29(34)36)23-11-20(12-23)16-33-10-9-19(3)15-33/h4-8,13-14,18-20,23H,9-12,15-17H2,1-3H3,(H,31,35)/t19-,20?,23?/m0/s1. The number of carbonyl (C=O) groups is 1. The molecule has 36 heavy (non-hydrogen) atoms. The van der Waals surface area contributed by atoms with Gasteiger partial charge in [-0.15, -0.1) is 0 Å². The predicted molar refractivity (Wildman–Crippen MR) is 145 cm³/mol. The fourth-order valence-corrected chi connectivity index (χ4v) is 5.90. The third kappa shape index (κ3) is 5.35. The highest BCUT2D eigenvalue weighted by molar-refractivity contribution is 6.30. The highest BCUT2D eigenvalue weighted by atomic mass is 35.5. The predicted octanol–water partition coefficient (Wildman–Crippen LogP) is 5.08. The van der Waals surface area contributed by atoms with Crippen LogP contribution in [0, 0.1) is 11.8 Å². The average Bonchev–Trinajstić information content (AvgIpc) is 3.22. The van der Waals surface area contributed by atoms with E-state index >= 15 is 0 Å². The Balaban J connectivity index is 1.44. The van der Waals surface area contributed by atoms with Crippen LogP contribution in [0.2, 0.25) is 5.02 Å². The van der Waals surface area contributed by atoms with Gasteiger partial charge in [0.15, 0.2) is 0 Å². The lowest BCUT2D eigenvalue weighted by molar-refractivity contribution is -0.122. The summed E-state index contributed by atoms with van der Waals surface area (Å²) in [5, 5.41) is 4.00. The van der Waals surface area contributed by atoms with Gasteiger partial charge in [0.2, 0.25) is 5.91 Å². The number of aromatic nitrogens is 2. The second-order valence-corrected chi connectivity index (χ2v) is 11.5. The Kier molecular flexibility index (Phi) is 7.18. The normalized spacial score (nSPS) is 22.2. The van der Waals surface area contributed by atoms with Crippen LogP contribution in [0.3, 0.4) is 0 Å². The molecule has 5 rings (SSSR count). The maximum absolute atomic E-state index is 13.7. The zero-order chi connectivity index (χ0) is 25.4. The Bertz CT molecular complexity index is 1330. The summed E-state index contributed by atoms with van der Waals surface area (Å²) in [5.41, 5.74) is 2.35. The molecule has 0 unspecified atom stereocenters. The zero-order valence-corrected chi connectivity index (χ0v) is 22.1. The fourth-order valence-electron chi connectivity index (χ4n) is 5.71. The van der Waals surface area contributed by atoms with E-state index in [1.54, 1.807) is 12.1 Å². The van der Waals surface area contributed by atoms with Crippen LogP contribution in [0.15, 0.2) is 47.3 Å². The van der Waals surface area contributed by atoms with Gasteiger partial charge in [0.05, 0.1) is 10.9 Å². The van der Waals surface area contributed by atoms with Crippen molar-refractivity contribution in [3.63, 3.8) is 0 Å². The molecule has 1 aliphatic heterocycles. The number of likely N-dealkylation sites (tertiary alicyclic amines) is 1. The molecule has 1 N–H and O–H groups in total. The molecule has 1 aliphatic carbocycles. The van der Waals surface area contributed by atoms with Crippen LogP contribution in [0.1, 0.15) is 51.5 Å². The second kappa shape index (κ2) is 10.3. The molecule has 2 heterocycles. The van der Waals surface area contributed by atoms with Gasteiger partial charge in [-0.1, -0.05) is 36.7 Å². The number of carbonyl (C=O) groups excluding carboxylic acids is 1. The topological polar surface area (TPSA) is 67.2 Å². The lowest BCUT2D eigenvalue weighted by Gasteiger charge is -2.38. The van der Waals surface area contributed by atoms with Crippen molar-refractivity contribution in [1.29, 1.82) is 0 Å². The number of halogens is 1. The number of benzene rings is 2. The van der Waals surface area contributed by atoms with Gasteiger partial charge in [-0.05, 0) is 87.2 Å². The first-order valence-corrected chi connectivity index (χ1v) is 13.5. The van der Waals surface area contributed by atoms with E-state index in [9.17, 15) is 9.59 Å². The van der Waals surface area contributed by atoms with Crippen molar-refractivity contribution in [2.45, 2.75) is 58.5 Å². The Hall–Kier alpha value is -2.70. The molecule has 1 amide bonds. The van der Waals surface area contributed by atoms with Crippen LogP contribution in [0.25, 0.3) is 22.3 Å². The Labute approximate surface area is 217 Å². The molecule has 7 heteroatoms. The van der Waals surface area contributed by atoms with Gasteiger partial charge in [-0.2, -0.15) is 0 Å². The highest BCUT2D eigenvalue weighted by Gasteiger charge is 2.33.